The predicted molar refractivity (Wildman–Crippen MR) is 77.0 cm³/mol. The maximum atomic E-state index is 12.6. The average molecular weight is 264 g/mol. The molecule has 2 saturated carbocycles. The Morgan fingerprint density at radius 3 is 2.37 bits per heavy atom. The SMILES string of the molecule is O=C(CC1CCCC1)N(CC1CCCCN1)C1CC1. The maximum absolute atomic E-state index is 12.6. The van der Waals surface area contributed by atoms with Crippen LogP contribution in [0.5, 0.6) is 0 Å². The quantitative estimate of drug-likeness (QED) is 0.828. The van der Waals surface area contributed by atoms with E-state index in [2.05, 4.69) is 10.2 Å². The van der Waals surface area contributed by atoms with Crippen LogP contribution < -0.4 is 5.32 Å². The van der Waals surface area contributed by atoms with E-state index in [0.29, 0.717) is 23.9 Å². The first-order valence-electron chi connectivity index (χ1n) is 8.36. The van der Waals surface area contributed by atoms with Gasteiger partial charge in [0.25, 0.3) is 0 Å². The van der Waals surface area contributed by atoms with Crippen LogP contribution in [0, 0.1) is 5.92 Å². The number of amides is 1. The van der Waals surface area contributed by atoms with Crippen molar-refractivity contribution in [3.05, 3.63) is 0 Å². The molecular weight excluding hydrogens is 236 g/mol. The van der Waals surface area contributed by atoms with Gasteiger partial charge in [0.05, 0.1) is 0 Å². The van der Waals surface area contributed by atoms with Crippen LogP contribution in [0.4, 0.5) is 0 Å². The van der Waals surface area contributed by atoms with Crippen molar-refractivity contribution in [1.29, 1.82) is 0 Å². The van der Waals surface area contributed by atoms with Crippen molar-refractivity contribution < 1.29 is 4.79 Å². The third-order valence-electron chi connectivity index (χ3n) is 5.08. The molecule has 0 spiro atoms. The second kappa shape index (κ2) is 6.25. The smallest absolute Gasteiger partial charge is 0.223 e. The fraction of sp³-hybridized carbons (Fsp3) is 0.938. The number of nitrogens with zero attached hydrogens (tertiary/aromatic N) is 1. The molecule has 0 aromatic carbocycles. The highest BCUT2D eigenvalue weighted by Gasteiger charge is 2.35. The number of carbonyl (C=O) groups is 1. The summed E-state index contributed by atoms with van der Waals surface area (Å²) in [5, 5.41) is 3.59. The van der Waals surface area contributed by atoms with Crippen molar-refractivity contribution in [2.24, 2.45) is 5.92 Å². The van der Waals surface area contributed by atoms with E-state index in [1.54, 1.807) is 0 Å². The van der Waals surface area contributed by atoms with Crippen molar-refractivity contribution >= 4 is 5.91 Å². The molecule has 108 valence electrons. The van der Waals surface area contributed by atoms with E-state index < -0.39 is 0 Å². The Kier molecular flexibility index (Phi) is 4.42. The molecule has 0 radical (unpaired) electrons. The largest absolute Gasteiger partial charge is 0.338 e. The van der Waals surface area contributed by atoms with Crippen LogP contribution in [0.1, 0.15) is 64.2 Å². The highest BCUT2D eigenvalue weighted by atomic mass is 16.2. The molecule has 3 nitrogen and oxygen atoms in total. The minimum Gasteiger partial charge on any atom is -0.338 e. The minimum atomic E-state index is 0.446. The lowest BCUT2D eigenvalue weighted by Crippen LogP contribution is -2.46. The van der Waals surface area contributed by atoms with Crippen molar-refractivity contribution in [3.8, 4) is 0 Å². The third-order valence-corrected chi connectivity index (χ3v) is 5.08. The summed E-state index contributed by atoms with van der Waals surface area (Å²) in [5.41, 5.74) is 0. The van der Waals surface area contributed by atoms with Gasteiger partial charge in [-0.3, -0.25) is 4.79 Å². The van der Waals surface area contributed by atoms with Gasteiger partial charge in [0, 0.05) is 25.0 Å². The fourth-order valence-corrected chi connectivity index (χ4v) is 3.74. The van der Waals surface area contributed by atoms with E-state index in [9.17, 15) is 4.79 Å². The minimum absolute atomic E-state index is 0.446. The molecule has 0 aromatic heterocycles. The molecule has 0 aromatic rings. The second-order valence-corrected chi connectivity index (χ2v) is 6.78. The summed E-state index contributed by atoms with van der Waals surface area (Å²) in [6, 6.07) is 1.14. The lowest BCUT2D eigenvalue weighted by molar-refractivity contribution is -0.133. The molecule has 1 N–H and O–H groups in total. The summed E-state index contributed by atoms with van der Waals surface area (Å²) in [6.45, 7) is 2.11. The normalized spacial score (nSPS) is 28.5. The molecule has 1 heterocycles. The second-order valence-electron chi connectivity index (χ2n) is 6.78. The molecule has 19 heavy (non-hydrogen) atoms. The Labute approximate surface area is 117 Å². The van der Waals surface area contributed by atoms with Gasteiger partial charge in [-0.1, -0.05) is 19.3 Å². The van der Waals surface area contributed by atoms with E-state index in [-0.39, 0.29) is 0 Å². The summed E-state index contributed by atoms with van der Waals surface area (Å²) in [5.74, 6) is 1.13. The Morgan fingerprint density at radius 2 is 1.74 bits per heavy atom. The molecule has 3 aliphatic rings. The Balaban J connectivity index is 1.52. The number of rotatable bonds is 5. The van der Waals surface area contributed by atoms with Crippen molar-refractivity contribution in [1.82, 2.24) is 10.2 Å². The summed E-state index contributed by atoms with van der Waals surface area (Å²) >= 11 is 0. The molecule has 0 bridgehead atoms. The molecule has 3 fully saturated rings. The van der Waals surface area contributed by atoms with Crippen LogP contribution in [0.3, 0.4) is 0 Å². The van der Waals surface area contributed by atoms with Gasteiger partial charge in [0.1, 0.15) is 0 Å². The molecule has 1 amide bonds. The van der Waals surface area contributed by atoms with Gasteiger partial charge in [0.15, 0.2) is 0 Å². The van der Waals surface area contributed by atoms with Crippen molar-refractivity contribution in [3.63, 3.8) is 0 Å². The zero-order valence-corrected chi connectivity index (χ0v) is 12.1. The summed E-state index contributed by atoms with van der Waals surface area (Å²) in [6.07, 6.45) is 12.4. The number of hydrogen-bond donors (Lipinski definition) is 1. The van der Waals surface area contributed by atoms with Crippen molar-refractivity contribution in [2.75, 3.05) is 13.1 Å². The monoisotopic (exact) mass is 264 g/mol. The first-order valence-corrected chi connectivity index (χ1v) is 8.36. The molecule has 1 unspecified atom stereocenters. The van der Waals surface area contributed by atoms with E-state index in [1.165, 1.54) is 57.8 Å². The van der Waals surface area contributed by atoms with Crippen LogP contribution in [0.2, 0.25) is 0 Å². The molecular formula is C16H28N2O. The standard InChI is InChI=1S/C16H28N2O/c19-16(11-13-5-1-2-6-13)18(15-8-9-15)12-14-7-3-4-10-17-14/h13-15,17H,1-12H2. The van der Waals surface area contributed by atoms with Crippen LogP contribution >= 0.6 is 0 Å². The van der Waals surface area contributed by atoms with Gasteiger partial charge >= 0.3 is 0 Å². The van der Waals surface area contributed by atoms with E-state index in [0.717, 1.165) is 19.5 Å². The summed E-state index contributed by atoms with van der Waals surface area (Å²) in [4.78, 5) is 14.8. The van der Waals surface area contributed by atoms with E-state index in [1.807, 2.05) is 0 Å². The predicted octanol–water partition coefficient (Wildman–Crippen LogP) is 2.70. The van der Waals surface area contributed by atoms with Gasteiger partial charge in [-0.15, -0.1) is 0 Å². The molecule has 1 atom stereocenters. The Bertz CT molecular complexity index is 302. The molecule has 1 aliphatic heterocycles. The summed E-state index contributed by atoms with van der Waals surface area (Å²) < 4.78 is 0. The topological polar surface area (TPSA) is 32.3 Å². The number of hydrogen-bond acceptors (Lipinski definition) is 2. The van der Waals surface area contributed by atoms with Gasteiger partial charge in [-0.05, 0) is 51.0 Å². The third kappa shape index (κ3) is 3.71. The number of nitrogens with one attached hydrogen (secondary N) is 1. The lowest BCUT2D eigenvalue weighted by atomic mass is 10.0. The van der Waals surface area contributed by atoms with Gasteiger partial charge in [-0.2, -0.15) is 0 Å². The average Bonchev–Trinajstić information content (AvgIpc) is 3.15. The highest BCUT2D eigenvalue weighted by Crippen LogP contribution is 2.32. The van der Waals surface area contributed by atoms with Crippen molar-refractivity contribution in [2.45, 2.75) is 76.3 Å². The molecule has 3 heteroatoms. The lowest BCUT2D eigenvalue weighted by Gasteiger charge is -2.31. The number of carbonyl (C=O) groups excluding carboxylic acids is 1. The van der Waals surface area contributed by atoms with E-state index in [4.69, 9.17) is 0 Å². The van der Waals surface area contributed by atoms with Crippen LogP contribution in [0.25, 0.3) is 0 Å². The van der Waals surface area contributed by atoms with E-state index >= 15 is 0 Å². The van der Waals surface area contributed by atoms with Gasteiger partial charge < -0.3 is 10.2 Å². The first-order chi connectivity index (χ1) is 9.33. The fourth-order valence-electron chi connectivity index (χ4n) is 3.74. The van der Waals surface area contributed by atoms with Crippen LogP contribution in [-0.2, 0) is 4.79 Å². The highest BCUT2D eigenvalue weighted by molar-refractivity contribution is 5.77. The number of piperidine rings is 1. The maximum Gasteiger partial charge on any atom is 0.223 e. The Hall–Kier alpha value is -0.570. The first kappa shape index (κ1) is 13.4. The molecule has 3 rings (SSSR count). The summed E-state index contributed by atoms with van der Waals surface area (Å²) in [7, 11) is 0. The zero-order valence-electron chi connectivity index (χ0n) is 12.1. The Morgan fingerprint density at radius 1 is 1.00 bits per heavy atom. The van der Waals surface area contributed by atoms with Gasteiger partial charge in [0.2, 0.25) is 5.91 Å². The zero-order chi connectivity index (χ0) is 13.1. The van der Waals surface area contributed by atoms with Gasteiger partial charge in [-0.25, -0.2) is 0 Å². The molecule has 1 saturated heterocycles. The van der Waals surface area contributed by atoms with Crippen LogP contribution in [0.15, 0.2) is 0 Å². The molecule has 2 aliphatic carbocycles. The van der Waals surface area contributed by atoms with Crippen LogP contribution in [-0.4, -0.2) is 36.0 Å².